The Bertz CT molecular complexity index is 821. The van der Waals surface area contributed by atoms with Gasteiger partial charge in [-0.05, 0) is 13.8 Å². The summed E-state index contributed by atoms with van der Waals surface area (Å²) in [5.74, 6) is -1.65. The summed E-state index contributed by atoms with van der Waals surface area (Å²) in [7, 11) is 1.45. The van der Waals surface area contributed by atoms with E-state index in [1.54, 1.807) is 6.92 Å². The number of nitro groups is 1. The van der Waals surface area contributed by atoms with Crippen molar-refractivity contribution in [3.63, 3.8) is 0 Å². The number of hydrogen-bond donors (Lipinski definition) is 2. The molecule has 2 N–H and O–H groups in total. The fourth-order valence-electron chi connectivity index (χ4n) is 2.37. The Morgan fingerprint density at radius 3 is 2.62 bits per heavy atom. The number of aromatic nitrogens is 4. The standard InChI is InChI=1S/C13H16N6O5/c1-7-11(19(23)24)8(2)18(16-7)5-4-10(20)15-9-6-14-17(3)12(9)13(21)22/h6H,4-5H2,1-3H3,(H,15,20)(H,21,22). The molecule has 0 atom stereocenters. The third-order valence-electron chi connectivity index (χ3n) is 3.49. The minimum atomic E-state index is -1.21. The molecule has 2 rings (SSSR count). The van der Waals surface area contributed by atoms with Crippen LogP contribution in [0.1, 0.15) is 28.3 Å². The quantitative estimate of drug-likeness (QED) is 0.588. The summed E-state index contributed by atoms with van der Waals surface area (Å²) in [6.07, 6.45) is 1.22. The van der Waals surface area contributed by atoms with Crippen LogP contribution in [0.15, 0.2) is 6.20 Å². The molecule has 0 spiro atoms. The van der Waals surface area contributed by atoms with Crippen LogP contribution in [-0.2, 0) is 18.4 Å². The Balaban J connectivity index is 2.06. The van der Waals surface area contributed by atoms with Crippen LogP contribution in [0.3, 0.4) is 0 Å². The number of anilines is 1. The second kappa shape index (κ2) is 6.48. The van der Waals surface area contributed by atoms with Crippen molar-refractivity contribution in [2.75, 3.05) is 5.32 Å². The highest BCUT2D eigenvalue weighted by molar-refractivity contribution is 5.99. The van der Waals surface area contributed by atoms with Gasteiger partial charge >= 0.3 is 11.7 Å². The third-order valence-corrected chi connectivity index (χ3v) is 3.49. The number of amides is 1. The predicted molar refractivity (Wildman–Crippen MR) is 81.8 cm³/mol. The van der Waals surface area contributed by atoms with E-state index in [0.29, 0.717) is 5.69 Å². The summed E-state index contributed by atoms with van der Waals surface area (Å²) < 4.78 is 2.52. The smallest absolute Gasteiger partial charge is 0.356 e. The maximum absolute atomic E-state index is 12.0. The van der Waals surface area contributed by atoms with E-state index in [1.807, 2.05) is 0 Å². The number of aromatic carboxylic acids is 1. The molecule has 128 valence electrons. The number of nitrogens with one attached hydrogen (secondary N) is 1. The van der Waals surface area contributed by atoms with Gasteiger partial charge in [0.05, 0.1) is 23.4 Å². The Morgan fingerprint density at radius 1 is 1.42 bits per heavy atom. The Labute approximate surface area is 136 Å². The van der Waals surface area contributed by atoms with Gasteiger partial charge in [-0.2, -0.15) is 10.2 Å². The maximum Gasteiger partial charge on any atom is 0.356 e. The van der Waals surface area contributed by atoms with Crippen molar-refractivity contribution >= 4 is 23.3 Å². The molecule has 0 aliphatic rings. The van der Waals surface area contributed by atoms with Crippen molar-refractivity contribution in [3.8, 4) is 0 Å². The van der Waals surface area contributed by atoms with Gasteiger partial charge in [-0.3, -0.25) is 24.3 Å². The first-order valence-corrected chi connectivity index (χ1v) is 6.96. The van der Waals surface area contributed by atoms with Gasteiger partial charge in [-0.1, -0.05) is 0 Å². The first-order chi connectivity index (χ1) is 11.2. The molecule has 0 saturated carbocycles. The number of carbonyl (C=O) groups excluding carboxylic acids is 1. The molecule has 0 aliphatic heterocycles. The average molecular weight is 336 g/mol. The van der Waals surface area contributed by atoms with E-state index >= 15 is 0 Å². The monoisotopic (exact) mass is 336 g/mol. The lowest BCUT2D eigenvalue weighted by Gasteiger charge is -2.06. The van der Waals surface area contributed by atoms with Gasteiger partial charge in [0, 0.05) is 13.5 Å². The van der Waals surface area contributed by atoms with Crippen LogP contribution in [0, 0.1) is 24.0 Å². The van der Waals surface area contributed by atoms with Gasteiger partial charge in [0.15, 0.2) is 5.69 Å². The van der Waals surface area contributed by atoms with Crippen LogP contribution < -0.4 is 5.32 Å². The summed E-state index contributed by atoms with van der Waals surface area (Å²) in [6, 6.07) is 0. The number of carboxylic acid groups (broad SMARTS) is 1. The van der Waals surface area contributed by atoms with Gasteiger partial charge in [0.1, 0.15) is 11.4 Å². The largest absolute Gasteiger partial charge is 0.476 e. The molecule has 0 radical (unpaired) electrons. The normalized spacial score (nSPS) is 10.6. The van der Waals surface area contributed by atoms with E-state index in [9.17, 15) is 19.7 Å². The first kappa shape index (κ1) is 17.1. The SMILES string of the molecule is Cc1nn(CCC(=O)Nc2cnn(C)c2C(=O)O)c(C)c1[N+](=O)[O-]. The number of aryl methyl sites for hydroxylation is 3. The average Bonchev–Trinajstić information content (AvgIpc) is 2.96. The van der Waals surface area contributed by atoms with Crippen molar-refractivity contribution in [2.45, 2.75) is 26.8 Å². The highest BCUT2D eigenvalue weighted by Gasteiger charge is 2.22. The number of carbonyl (C=O) groups is 2. The number of nitrogens with zero attached hydrogens (tertiary/aromatic N) is 5. The lowest BCUT2D eigenvalue weighted by molar-refractivity contribution is -0.386. The molecule has 0 fully saturated rings. The molecule has 11 heteroatoms. The van der Waals surface area contributed by atoms with Crippen LogP contribution in [-0.4, -0.2) is 41.5 Å². The lowest BCUT2D eigenvalue weighted by Crippen LogP contribution is -2.17. The molecule has 0 saturated heterocycles. The van der Waals surface area contributed by atoms with Gasteiger partial charge < -0.3 is 10.4 Å². The van der Waals surface area contributed by atoms with Crippen molar-refractivity contribution < 1.29 is 19.6 Å². The van der Waals surface area contributed by atoms with E-state index in [0.717, 1.165) is 4.68 Å². The summed E-state index contributed by atoms with van der Waals surface area (Å²) >= 11 is 0. The second-order valence-corrected chi connectivity index (χ2v) is 5.13. The molecule has 0 bridgehead atoms. The minimum absolute atomic E-state index is 0.0208. The number of rotatable bonds is 6. The molecule has 2 heterocycles. The topological polar surface area (TPSA) is 145 Å². The highest BCUT2D eigenvalue weighted by Crippen LogP contribution is 2.22. The first-order valence-electron chi connectivity index (χ1n) is 6.96. The van der Waals surface area contributed by atoms with Crippen molar-refractivity contribution in [3.05, 3.63) is 33.4 Å². The molecule has 11 nitrogen and oxygen atoms in total. The molecule has 2 aromatic heterocycles. The zero-order valence-electron chi connectivity index (χ0n) is 13.3. The van der Waals surface area contributed by atoms with Crippen molar-refractivity contribution in [1.82, 2.24) is 19.6 Å². The predicted octanol–water partition coefficient (Wildman–Crippen LogP) is 0.869. The summed E-state index contributed by atoms with van der Waals surface area (Å²) in [5, 5.41) is 30.3. The van der Waals surface area contributed by atoms with E-state index < -0.39 is 16.8 Å². The zero-order chi connectivity index (χ0) is 18.0. The Hall–Kier alpha value is -3.24. The molecule has 0 unspecified atom stereocenters. The van der Waals surface area contributed by atoms with E-state index in [2.05, 4.69) is 15.5 Å². The molecular formula is C13H16N6O5. The van der Waals surface area contributed by atoms with Crippen LogP contribution in [0.5, 0.6) is 0 Å². The summed E-state index contributed by atoms with van der Waals surface area (Å²) in [5.41, 5.74) is 0.520. The Kier molecular flexibility index (Phi) is 4.62. The number of carboxylic acids is 1. The molecule has 0 aromatic carbocycles. The highest BCUT2D eigenvalue weighted by atomic mass is 16.6. The molecular weight excluding hydrogens is 320 g/mol. The molecule has 0 aliphatic carbocycles. The number of hydrogen-bond acceptors (Lipinski definition) is 6. The van der Waals surface area contributed by atoms with Crippen LogP contribution in [0.2, 0.25) is 0 Å². The van der Waals surface area contributed by atoms with Crippen LogP contribution >= 0.6 is 0 Å². The zero-order valence-corrected chi connectivity index (χ0v) is 13.3. The second-order valence-electron chi connectivity index (χ2n) is 5.13. The molecule has 1 amide bonds. The van der Waals surface area contributed by atoms with Gasteiger partial charge in [-0.15, -0.1) is 0 Å². The minimum Gasteiger partial charge on any atom is -0.476 e. The van der Waals surface area contributed by atoms with Gasteiger partial charge in [0.25, 0.3) is 0 Å². The summed E-state index contributed by atoms with van der Waals surface area (Å²) in [6.45, 7) is 3.21. The van der Waals surface area contributed by atoms with E-state index in [1.165, 1.54) is 24.9 Å². The molecule has 24 heavy (non-hydrogen) atoms. The van der Waals surface area contributed by atoms with Crippen molar-refractivity contribution in [2.24, 2.45) is 7.05 Å². The maximum atomic E-state index is 12.0. The van der Waals surface area contributed by atoms with Crippen molar-refractivity contribution in [1.29, 1.82) is 0 Å². The van der Waals surface area contributed by atoms with Gasteiger partial charge in [0.2, 0.25) is 5.91 Å². The van der Waals surface area contributed by atoms with E-state index in [4.69, 9.17) is 5.11 Å². The lowest BCUT2D eigenvalue weighted by atomic mass is 10.3. The van der Waals surface area contributed by atoms with Crippen LogP contribution in [0.25, 0.3) is 0 Å². The fourth-order valence-corrected chi connectivity index (χ4v) is 2.37. The van der Waals surface area contributed by atoms with Gasteiger partial charge in [-0.25, -0.2) is 4.79 Å². The summed E-state index contributed by atoms with van der Waals surface area (Å²) in [4.78, 5) is 33.5. The van der Waals surface area contributed by atoms with Crippen LogP contribution in [0.4, 0.5) is 11.4 Å². The fraction of sp³-hybridized carbons (Fsp3) is 0.385. The third kappa shape index (κ3) is 3.24. The van der Waals surface area contributed by atoms with E-state index in [-0.39, 0.29) is 35.7 Å². The molecule has 2 aromatic rings. The Morgan fingerprint density at radius 2 is 2.08 bits per heavy atom.